The highest BCUT2D eigenvalue weighted by Gasteiger charge is 2.30. The van der Waals surface area contributed by atoms with Crippen molar-refractivity contribution in [2.75, 3.05) is 39.2 Å². The van der Waals surface area contributed by atoms with Gasteiger partial charge in [-0.25, -0.2) is 0 Å². The van der Waals surface area contributed by atoms with Gasteiger partial charge in [0.25, 0.3) is 5.91 Å². The van der Waals surface area contributed by atoms with E-state index in [1.54, 1.807) is 48.4 Å². The fraction of sp³-hybridized carbons (Fsp3) is 0.462. The van der Waals surface area contributed by atoms with Crippen LogP contribution in [0, 0.1) is 5.92 Å². The molecule has 0 fully saturated rings. The van der Waals surface area contributed by atoms with Crippen LogP contribution in [0.15, 0.2) is 42.6 Å². The van der Waals surface area contributed by atoms with Crippen molar-refractivity contribution in [3.8, 4) is 5.75 Å². The molecule has 0 spiro atoms. The number of hydrogen-bond donors (Lipinski definition) is 1. The third-order valence-electron chi connectivity index (χ3n) is 6.14. The summed E-state index contributed by atoms with van der Waals surface area (Å²) in [6.07, 6.45) is 1.57. The van der Waals surface area contributed by atoms with Gasteiger partial charge in [-0.1, -0.05) is 13.0 Å². The van der Waals surface area contributed by atoms with Crippen molar-refractivity contribution in [1.29, 1.82) is 0 Å². The van der Waals surface area contributed by atoms with Crippen LogP contribution in [0.3, 0.4) is 0 Å². The summed E-state index contributed by atoms with van der Waals surface area (Å²) in [5.74, 6) is -0.178. The van der Waals surface area contributed by atoms with Gasteiger partial charge in [0.1, 0.15) is 12.4 Å². The van der Waals surface area contributed by atoms with Crippen LogP contribution in [0.4, 0.5) is 5.69 Å². The quantitative estimate of drug-likeness (QED) is 0.719. The molecular formula is C26H34N4O5. The van der Waals surface area contributed by atoms with Crippen LogP contribution < -0.4 is 10.1 Å². The number of nitrogens with zero attached hydrogens (tertiary/aromatic N) is 3. The Kier molecular flexibility index (Phi) is 8.81. The number of nitrogens with one attached hydrogen (secondary N) is 1. The molecule has 9 heteroatoms. The number of anilines is 1. The molecule has 35 heavy (non-hydrogen) atoms. The van der Waals surface area contributed by atoms with Crippen molar-refractivity contribution >= 4 is 23.4 Å². The van der Waals surface area contributed by atoms with Gasteiger partial charge in [0, 0.05) is 57.7 Å². The minimum atomic E-state index is -0.288. The Morgan fingerprint density at radius 3 is 2.63 bits per heavy atom. The molecule has 3 atom stereocenters. The zero-order valence-electron chi connectivity index (χ0n) is 21.0. The Morgan fingerprint density at radius 1 is 1.20 bits per heavy atom. The first-order valence-corrected chi connectivity index (χ1v) is 11.7. The molecule has 1 aliphatic heterocycles. The van der Waals surface area contributed by atoms with Gasteiger partial charge in [0.05, 0.1) is 24.1 Å². The first-order chi connectivity index (χ1) is 16.7. The summed E-state index contributed by atoms with van der Waals surface area (Å²) < 4.78 is 11.8. The Morgan fingerprint density at radius 2 is 1.97 bits per heavy atom. The third-order valence-corrected chi connectivity index (χ3v) is 6.14. The number of likely N-dealkylation sites (N-methyl/N-ethyl adjacent to an activating group) is 1. The normalized spacial score (nSPS) is 21.3. The molecule has 3 amide bonds. The summed E-state index contributed by atoms with van der Waals surface area (Å²) in [6.45, 7) is 6.32. The molecule has 1 aromatic heterocycles. The average Bonchev–Trinajstić information content (AvgIpc) is 2.83. The van der Waals surface area contributed by atoms with E-state index in [0.717, 1.165) is 0 Å². The minimum absolute atomic E-state index is 0.0463. The molecular weight excluding hydrogens is 448 g/mol. The third kappa shape index (κ3) is 6.79. The van der Waals surface area contributed by atoms with E-state index in [1.165, 1.54) is 6.92 Å². The number of carbonyl (C=O) groups excluding carboxylic acids is 3. The lowest BCUT2D eigenvalue weighted by Gasteiger charge is -2.36. The predicted octanol–water partition coefficient (Wildman–Crippen LogP) is 2.62. The smallest absolute Gasteiger partial charge is 0.257 e. The standard InChI is InChI=1S/C26H34N4O5/c1-17-14-30(25(32)13-20-8-6-7-11-27-20)18(2)16-35-23-10-9-21(28-19(3)31)12-22(23)26(33)29(4)15-24(17)34-5/h6-12,17-18,24H,13-16H2,1-5H3,(H,28,31)/t17-,18-,24-/m0/s1. The van der Waals surface area contributed by atoms with Crippen molar-refractivity contribution in [2.45, 2.75) is 39.3 Å². The van der Waals surface area contributed by atoms with Crippen molar-refractivity contribution in [3.63, 3.8) is 0 Å². The van der Waals surface area contributed by atoms with E-state index in [-0.39, 0.29) is 48.8 Å². The second-order valence-electron chi connectivity index (χ2n) is 9.03. The van der Waals surface area contributed by atoms with Gasteiger partial charge >= 0.3 is 0 Å². The largest absolute Gasteiger partial charge is 0.491 e. The molecule has 0 saturated carbocycles. The number of amides is 3. The highest BCUT2D eigenvalue weighted by molar-refractivity contribution is 5.99. The van der Waals surface area contributed by atoms with Gasteiger partial charge in [0.2, 0.25) is 11.8 Å². The van der Waals surface area contributed by atoms with Crippen LogP contribution in [0.1, 0.15) is 36.8 Å². The number of methoxy groups -OCH3 is 1. The Bertz CT molecular complexity index is 1050. The van der Waals surface area contributed by atoms with Gasteiger partial charge in [0.15, 0.2) is 0 Å². The first kappa shape index (κ1) is 26.2. The number of rotatable bonds is 4. The first-order valence-electron chi connectivity index (χ1n) is 11.7. The number of aromatic nitrogens is 1. The molecule has 1 aromatic carbocycles. The fourth-order valence-corrected chi connectivity index (χ4v) is 4.16. The van der Waals surface area contributed by atoms with E-state index in [4.69, 9.17) is 9.47 Å². The van der Waals surface area contributed by atoms with E-state index in [2.05, 4.69) is 10.3 Å². The van der Waals surface area contributed by atoms with Crippen LogP contribution in [0.5, 0.6) is 5.75 Å². The van der Waals surface area contributed by atoms with Crippen LogP contribution in [0.25, 0.3) is 0 Å². The second-order valence-corrected chi connectivity index (χ2v) is 9.03. The molecule has 3 rings (SSSR count). The molecule has 188 valence electrons. The van der Waals surface area contributed by atoms with Gasteiger partial charge in [-0.3, -0.25) is 19.4 Å². The van der Waals surface area contributed by atoms with Crippen molar-refractivity contribution in [3.05, 3.63) is 53.9 Å². The molecule has 1 aliphatic rings. The summed E-state index contributed by atoms with van der Waals surface area (Å²) in [4.78, 5) is 45.9. The molecule has 2 aromatic rings. The molecule has 9 nitrogen and oxygen atoms in total. The summed E-state index contributed by atoms with van der Waals surface area (Å²) in [5, 5.41) is 2.71. The van der Waals surface area contributed by atoms with E-state index in [1.807, 2.05) is 32.0 Å². The lowest BCUT2D eigenvalue weighted by molar-refractivity contribution is -0.134. The Labute approximate surface area is 206 Å². The number of fused-ring (bicyclic) bond motifs is 1. The maximum Gasteiger partial charge on any atom is 0.257 e. The number of hydrogen-bond acceptors (Lipinski definition) is 6. The molecule has 0 aliphatic carbocycles. The molecule has 1 N–H and O–H groups in total. The zero-order valence-corrected chi connectivity index (χ0v) is 21.0. The van der Waals surface area contributed by atoms with Crippen molar-refractivity contribution in [1.82, 2.24) is 14.8 Å². The molecule has 2 heterocycles. The Hall–Kier alpha value is -3.46. The minimum Gasteiger partial charge on any atom is -0.491 e. The summed E-state index contributed by atoms with van der Waals surface area (Å²) in [6, 6.07) is 10.2. The van der Waals surface area contributed by atoms with Gasteiger partial charge in [-0.15, -0.1) is 0 Å². The number of ether oxygens (including phenoxy) is 2. The van der Waals surface area contributed by atoms with Gasteiger partial charge in [-0.05, 0) is 37.3 Å². The number of pyridine rings is 1. The number of benzene rings is 1. The van der Waals surface area contributed by atoms with Gasteiger partial charge < -0.3 is 24.6 Å². The number of carbonyl (C=O) groups is 3. The van der Waals surface area contributed by atoms with E-state index in [9.17, 15) is 14.4 Å². The SMILES string of the molecule is CO[C@H]1CN(C)C(=O)c2cc(NC(C)=O)ccc2OC[C@H](C)N(C(=O)Cc2ccccn2)C[C@@H]1C. The molecule has 0 unspecified atom stereocenters. The highest BCUT2D eigenvalue weighted by Crippen LogP contribution is 2.26. The predicted molar refractivity (Wildman–Crippen MR) is 132 cm³/mol. The molecule has 0 radical (unpaired) electrons. The molecule has 0 bridgehead atoms. The average molecular weight is 483 g/mol. The topological polar surface area (TPSA) is 101 Å². The van der Waals surface area contributed by atoms with Crippen LogP contribution in [0.2, 0.25) is 0 Å². The fourth-order valence-electron chi connectivity index (χ4n) is 4.16. The lowest BCUT2D eigenvalue weighted by Crippen LogP contribution is -2.49. The summed E-state index contributed by atoms with van der Waals surface area (Å²) in [5.41, 5.74) is 1.54. The summed E-state index contributed by atoms with van der Waals surface area (Å²) >= 11 is 0. The van der Waals surface area contributed by atoms with Crippen LogP contribution in [-0.2, 0) is 20.7 Å². The van der Waals surface area contributed by atoms with Gasteiger partial charge in [-0.2, -0.15) is 0 Å². The summed E-state index contributed by atoms with van der Waals surface area (Å²) in [7, 11) is 3.31. The van der Waals surface area contributed by atoms with E-state index >= 15 is 0 Å². The monoisotopic (exact) mass is 482 g/mol. The maximum atomic E-state index is 13.3. The maximum absolute atomic E-state index is 13.3. The van der Waals surface area contributed by atoms with Crippen molar-refractivity contribution < 1.29 is 23.9 Å². The molecule has 0 saturated heterocycles. The van der Waals surface area contributed by atoms with E-state index in [0.29, 0.717) is 35.8 Å². The van der Waals surface area contributed by atoms with Crippen molar-refractivity contribution in [2.24, 2.45) is 5.92 Å². The van der Waals surface area contributed by atoms with Crippen LogP contribution >= 0.6 is 0 Å². The second kappa shape index (κ2) is 11.8. The highest BCUT2D eigenvalue weighted by atomic mass is 16.5. The Balaban J connectivity index is 1.94. The van der Waals surface area contributed by atoms with Crippen LogP contribution in [-0.4, -0.2) is 78.5 Å². The van der Waals surface area contributed by atoms with E-state index < -0.39 is 0 Å². The zero-order chi connectivity index (χ0) is 25.5. The lowest BCUT2D eigenvalue weighted by atomic mass is 10.0.